The van der Waals surface area contributed by atoms with Crippen LogP contribution in [0.15, 0.2) is 49.1 Å². The Balaban J connectivity index is 0.000000382. The van der Waals surface area contributed by atoms with Crippen LogP contribution in [-0.4, -0.2) is 37.7 Å². The minimum absolute atomic E-state index is 0.00260. The van der Waals surface area contributed by atoms with Gasteiger partial charge in [-0.25, -0.2) is 15.0 Å². The molecular formula is C41H65N7O3. The third-order valence-electron chi connectivity index (χ3n) is 7.45. The van der Waals surface area contributed by atoms with Gasteiger partial charge in [-0.3, -0.25) is 24.7 Å². The number of hydrogen-bond acceptors (Lipinski definition) is 7. The Morgan fingerprint density at radius 3 is 1.22 bits per heavy atom. The molecule has 0 bridgehead atoms. The molecule has 0 unspecified atom stereocenters. The van der Waals surface area contributed by atoms with Gasteiger partial charge in [-0.2, -0.15) is 0 Å². The molecule has 0 aromatic carbocycles. The number of rotatable bonds is 3. The summed E-state index contributed by atoms with van der Waals surface area (Å²) in [5.41, 5.74) is 2.89. The highest BCUT2D eigenvalue weighted by atomic mass is 16.2. The third-order valence-corrected chi connectivity index (χ3v) is 7.45. The predicted octanol–water partition coefficient (Wildman–Crippen LogP) is 9.49. The second-order valence-corrected chi connectivity index (χ2v) is 19.0. The van der Waals surface area contributed by atoms with Crippen LogP contribution >= 0.6 is 0 Å². The Kier molecular flexibility index (Phi) is 14.8. The number of nitrogens with one attached hydrogen (secondary N) is 3. The number of amides is 3. The van der Waals surface area contributed by atoms with Crippen LogP contribution < -0.4 is 16.0 Å². The molecule has 0 radical (unpaired) electrons. The molecule has 0 aliphatic rings. The highest BCUT2D eigenvalue weighted by molar-refractivity contribution is 5.94. The van der Waals surface area contributed by atoms with Gasteiger partial charge < -0.3 is 10.6 Å². The topological polar surface area (TPSA) is 139 Å². The smallest absolute Gasteiger partial charge is 0.232 e. The van der Waals surface area contributed by atoms with E-state index in [4.69, 9.17) is 0 Å². The van der Waals surface area contributed by atoms with Crippen LogP contribution in [0.1, 0.15) is 141 Å². The van der Waals surface area contributed by atoms with Crippen molar-refractivity contribution in [2.45, 2.75) is 141 Å². The number of carbonyl (C=O) groups is 3. The molecule has 3 aromatic rings. The number of anilines is 3. The van der Waals surface area contributed by atoms with Crippen LogP contribution in [0.3, 0.4) is 0 Å². The zero-order valence-corrected chi connectivity index (χ0v) is 34.6. The summed E-state index contributed by atoms with van der Waals surface area (Å²) in [6.45, 7) is 35.9. The average molecular weight is 704 g/mol. The van der Waals surface area contributed by atoms with Crippen LogP contribution in [0.2, 0.25) is 0 Å². The largest absolute Gasteiger partial charge is 0.324 e. The molecule has 0 saturated heterocycles. The monoisotopic (exact) mass is 704 g/mol. The fourth-order valence-corrected chi connectivity index (χ4v) is 3.51. The number of aromatic nitrogens is 4. The molecule has 3 rings (SSSR count). The van der Waals surface area contributed by atoms with Gasteiger partial charge in [0, 0.05) is 45.9 Å². The zero-order chi connectivity index (χ0) is 39.8. The molecule has 51 heavy (non-hydrogen) atoms. The van der Waals surface area contributed by atoms with Gasteiger partial charge in [-0.15, -0.1) is 0 Å². The van der Waals surface area contributed by atoms with E-state index in [-0.39, 0.29) is 39.4 Å². The first-order chi connectivity index (χ1) is 22.8. The van der Waals surface area contributed by atoms with E-state index < -0.39 is 10.8 Å². The Morgan fingerprint density at radius 2 is 0.863 bits per heavy atom. The van der Waals surface area contributed by atoms with Crippen molar-refractivity contribution in [3.63, 3.8) is 0 Å². The summed E-state index contributed by atoms with van der Waals surface area (Å²) in [5, 5.41) is 8.37. The summed E-state index contributed by atoms with van der Waals surface area (Å²) < 4.78 is 0. The lowest BCUT2D eigenvalue weighted by atomic mass is 9.88. The van der Waals surface area contributed by atoms with Crippen molar-refractivity contribution in [2.24, 2.45) is 16.2 Å². The second-order valence-electron chi connectivity index (χ2n) is 19.0. The van der Waals surface area contributed by atoms with Crippen molar-refractivity contribution < 1.29 is 14.4 Å². The van der Waals surface area contributed by atoms with Crippen LogP contribution in [-0.2, 0) is 30.6 Å². The van der Waals surface area contributed by atoms with Crippen LogP contribution in [0.25, 0.3) is 0 Å². The fourth-order valence-electron chi connectivity index (χ4n) is 3.51. The van der Waals surface area contributed by atoms with Gasteiger partial charge in [0.25, 0.3) is 0 Å². The summed E-state index contributed by atoms with van der Waals surface area (Å²) in [6.07, 6.45) is 7.04. The van der Waals surface area contributed by atoms with E-state index in [0.29, 0.717) is 11.8 Å². The van der Waals surface area contributed by atoms with Crippen molar-refractivity contribution in [3.8, 4) is 0 Å². The molecule has 3 aromatic heterocycles. The van der Waals surface area contributed by atoms with Gasteiger partial charge in [0.15, 0.2) is 0 Å². The number of pyridine rings is 2. The molecule has 0 aliphatic carbocycles. The maximum absolute atomic E-state index is 11.8. The Hall–Kier alpha value is -4.21. The third kappa shape index (κ3) is 16.1. The molecule has 0 atom stereocenters. The highest BCUT2D eigenvalue weighted by Gasteiger charge is 2.24. The lowest BCUT2D eigenvalue weighted by Gasteiger charge is -2.20. The lowest BCUT2D eigenvalue weighted by Crippen LogP contribution is -2.28. The van der Waals surface area contributed by atoms with Gasteiger partial charge in [0.1, 0.15) is 5.82 Å². The molecule has 0 spiro atoms. The normalized spacial score (nSPS) is 12.4. The maximum atomic E-state index is 11.8. The molecule has 3 heterocycles. The SMILES string of the molecule is CC(C)(C)C(=O)Nc1ccc(C(C)(C)C)cn1.CC(C)(C)C(=O)Nc1ccc(C(C)(C)C)nc1.CC(C)(C)C(=O)Nc1ncc(C(C)(C)C)cn1. The van der Waals surface area contributed by atoms with E-state index >= 15 is 0 Å². The van der Waals surface area contributed by atoms with Crippen LogP contribution in [0.4, 0.5) is 17.5 Å². The van der Waals surface area contributed by atoms with E-state index in [1.165, 1.54) is 0 Å². The van der Waals surface area contributed by atoms with Gasteiger partial charge in [0.05, 0.1) is 11.9 Å². The molecule has 0 saturated carbocycles. The molecule has 282 valence electrons. The molecule has 10 nitrogen and oxygen atoms in total. The van der Waals surface area contributed by atoms with Crippen molar-refractivity contribution in [3.05, 3.63) is 65.9 Å². The van der Waals surface area contributed by atoms with E-state index in [0.717, 1.165) is 22.5 Å². The first kappa shape index (κ1) is 44.8. The summed E-state index contributed by atoms with van der Waals surface area (Å²) >= 11 is 0. The summed E-state index contributed by atoms with van der Waals surface area (Å²) in [5.74, 6) is 0.869. The van der Waals surface area contributed by atoms with E-state index in [2.05, 4.69) is 98.2 Å². The molecule has 0 aliphatic heterocycles. The Bertz CT molecular complexity index is 1380. The van der Waals surface area contributed by atoms with E-state index in [1.54, 1.807) is 18.6 Å². The minimum Gasteiger partial charge on any atom is -0.324 e. The Morgan fingerprint density at radius 1 is 0.431 bits per heavy atom. The number of hydrogen-bond donors (Lipinski definition) is 3. The second kappa shape index (κ2) is 16.9. The van der Waals surface area contributed by atoms with Crippen molar-refractivity contribution in [2.75, 3.05) is 16.0 Å². The summed E-state index contributed by atoms with van der Waals surface area (Å²) in [4.78, 5) is 52.2. The number of nitrogens with zero attached hydrogens (tertiary/aromatic N) is 4. The number of carbonyl (C=O) groups excluding carboxylic acids is 3. The minimum atomic E-state index is -0.438. The van der Waals surface area contributed by atoms with Gasteiger partial charge in [-0.1, -0.05) is 131 Å². The molecule has 0 fully saturated rings. The van der Waals surface area contributed by atoms with Gasteiger partial charge in [0.2, 0.25) is 23.7 Å². The van der Waals surface area contributed by atoms with Gasteiger partial charge >= 0.3 is 0 Å². The molecule has 10 heteroatoms. The first-order valence-corrected chi connectivity index (χ1v) is 17.5. The zero-order valence-electron chi connectivity index (χ0n) is 34.6. The van der Waals surface area contributed by atoms with Crippen molar-refractivity contribution >= 4 is 35.2 Å². The summed E-state index contributed by atoms with van der Waals surface area (Å²) in [7, 11) is 0. The quantitative estimate of drug-likeness (QED) is 0.247. The Labute approximate surface area is 307 Å². The van der Waals surface area contributed by atoms with Crippen LogP contribution in [0, 0.1) is 16.2 Å². The van der Waals surface area contributed by atoms with E-state index in [9.17, 15) is 14.4 Å². The molecule has 3 amide bonds. The highest BCUT2D eigenvalue weighted by Crippen LogP contribution is 2.25. The predicted molar refractivity (Wildman–Crippen MR) is 211 cm³/mol. The van der Waals surface area contributed by atoms with Crippen molar-refractivity contribution in [1.82, 2.24) is 19.9 Å². The van der Waals surface area contributed by atoms with Crippen molar-refractivity contribution in [1.29, 1.82) is 0 Å². The lowest BCUT2D eigenvalue weighted by molar-refractivity contribution is -0.123. The molecule has 3 N–H and O–H groups in total. The summed E-state index contributed by atoms with van der Waals surface area (Å²) in [6, 6.07) is 7.71. The average Bonchev–Trinajstić information content (AvgIpc) is 2.96. The molecular weight excluding hydrogens is 638 g/mol. The standard InChI is InChI=1S/2C14H22N2O.C13H21N3O/c1-13(2,3)11-8-7-10(9-15-11)16-12(17)14(4,5)6;1-13(2,3)10-7-8-11(15-9-10)16-12(17)14(4,5)6;1-12(2,3)9-7-14-11(15-8-9)16-10(17)13(4,5)6/h7-9H,1-6H3,(H,16,17);7-9H,1-6H3,(H,15,16,17);7-8H,1-6H3,(H,14,15,16,17). The van der Waals surface area contributed by atoms with Crippen LogP contribution in [0.5, 0.6) is 0 Å². The first-order valence-electron chi connectivity index (χ1n) is 17.5. The van der Waals surface area contributed by atoms with Gasteiger partial charge in [-0.05, 0) is 40.2 Å². The fraction of sp³-hybridized carbons (Fsp3) is 0.585. The maximum Gasteiger partial charge on any atom is 0.232 e. The van der Waals surface area contributed by atoms with E-state index in [1.807, 2.05) is 92.8 Å².